The van der Waals surface area contributed by atoms with Crippen molar-refractivity contribution in [1.29, 1.82) is 0 Å². The molecule has 2 aliphatic rings. The SMILES string of the molecule is CCc1cccc2c1-c1ccccc1C21c2ccccc2-c2ccccc21. The Kier molecular flexibility index (Phi) is 2.89. The molecule has 0 nitrogen and oxygen atoms in total. The highest BCUT2D eigenvalue weighted by Gasteiger charge is 2.51. The zero-order chi connectivity index (χ0) is 18.0. The molecule has 0 aromatic heterocycles. The van der Waals surface area contributed by atoms with Crippen LogP contribution in [0.15, 0.2) is 91.0 Å². The van der Waals surface area contributed by atoms with E-state index in [1.165, 1.54) is 50.1 Å². The second kappa shape index (κ2) is 5.20. The lowest BCUT2D eigenvalue weighted by molar-refractivity contribution is 0.793. The molecule has 0 saturated carbocycles. The molecule has 0 saturated heterocycles. The number of aryl methyl sites for hydroxylation is 1. The van der Waals surface area contributed by atoms with Gasteiger partial charge < -0.3 is 0 Å². The molecule has 27 heavy (non-hydrogen) atoms. The molecule has 2 aliphatic carbocycles. The van der Waals surface area contributed by atoms with Crippen molar-refractivity contribution >= 4 is 0 Å². The van der Waals surface area contributed by atoms with Gasteiger partial charge in [0.2, 0.25) is 0 Å². The summed E-state index contributed by atoms with van der Waals surface area (Å²) in [5, 5.41) is 0. The second-order valence-electron chi connectivity index (χ2n) is 7.58. The van der Waals surface area contributed by atoms with Gasteiger partial charge in [0.25, 0.3) is 0 Å². The third-order valence-electron chi connectivity index (χ3n) is 6.49. The van der Waals surface area contributed by atoms with Crippen molar-refractivity contribution < 1.29 is 0 Å². The summed E-state index contributed by atoms with van der Waals surface area (Å²) in [5.74, 6) is 0. The molecule has 0 fully saturated rings. The zero-order valence-corrected chi connectivity index (χ0v) is 15.4. The standard InChI is InChI=1S/C27H20/c1-2-18-10-9-17-25-26(18)21-13-5-8-16-24(21)27(25)22-14-6-3-11-19(22)20-12-4-7-15-23(20)27/h3-17H,2H2,1H3. The van der Waals surface area contributed by atoms with Crippen molar-refractivity contribution in [1.82, 2.24) is 0 Å². The van der Waals surface area contributed by atoms with Gasteiger partial charge in [-0.1, -0.05) is 97.9 Å². The van der Waals surface area contributed by atoms with Crippen LogP contribution in [0.25, 0.3) is 22.3 Å². The van der Waals surface area contributed by atoms with Crippen molar-refractivity contribution in [2.24, 2.45) is 0 Å². The van der Waals surface area contributed by atoms with Crippen molar-refractivity contribution in [3.8, 4) is 22.3 Å². The number of hydrogen-bond donors (Lipinski definition) is 0. The Morgan fingerprint density at radius 3 is 1.59 bits per heavy atom. The van der Waals surface area contributed by atoms with E-state index in [0.717, 1.165) is 6.42 Å². The van der Waals surface area contributed by atoms with E-state index in [9.17, 15) is 0 Å². The molecule has 4 aromatic rings. The van der Waals surface area contributed by atoms with Crippen molar-refractivity contribution in [2.45, 2.75) is 18.8 Å². The number of hydrogen-bond acceptors (Lipinski definition) is 0. The molecule has 0 heterocycles. The Balaban J connectivity index is 1.87. The van der Waals surface area contributed by atoms with Crippen LogP contribution < -0.4 is 0 Å². The highest BCUT2D eigenvalue weighted by atomic mass is 14.5. The minimum atomic E-state index is -0.190. The Bertz CT molecular complexity index is 1170. The van der Waals surface area contributed by atoms with Crippen molar-refractivity contribution in [3.05, 3.63) is 119 Å². The number of fused-ring (bicyclic) bond motifs is 10. The van der Waals surface area contributed by atoms with Crippen LogP contribution in [0.2, 0.25) is 0 Å². The van der Waals surface area contributed by atoms with Gasteiger partial charge >= 0.3 is 0 Å². The third kappa shape index (κ3) is 1.64. The molecule has 0 N–H and O–H groups in total. The average molecular weight is 344 g/mol. The molecule has 0 atom stereocenters. The van der Waals surface area contributed by atoms with Crippen molar-refractivity contribution in [2.75, 3.05) is 0 Å². The van der Waals surface area contributed by atoms with Gasteiger partial charge in [-0.15, -0.1) is 0 Å². The summed E-state index contributed by atoms with van der Waals surface area (Å²) in [5.41, 5.74) is 12.6. The molecule has 0 radical (unpaired) electrons. The predicted octanol–water partition coefficient (Wildman–Crippen LogP) is 6.59. The summed E-state index contributed by atoms with van der Waals surface area (Å²) in [4.78, 5) is 0. The first kappa shape index (κ1) is 15.0. The maximum Gasteiger partial charge on any atom is 0.0725 e. The largest absolute Gasteiger partial charge is 0.0725 e. The number of rotatable bonds is 1. The predicted molar refractivity (Wildman–Crippen MR) is 112 cm³/mol. The highest BCUT2D eigenvalue weighted by molar-refractivity contribution is 5.95. The van der Waals surface area contributed by atoms with Gasteiger partial charge in [0.05, 0.1) is 5.41 Å². The summed E-state index contributed by atoms with van der Waals surface area (Å²) in [7, 11) is 0. The first-order chi connectivity index (χ1) is 13.4. The minimum Gasteiger partial charge on any atom is -0.0619 e. The molecular formula is C27H20. The number of benzene rings is 4. The monoisotopic (exact) mass is 344 g/mol. The maximum absolute atomic E-state index is 2.35. The van der Waals surface area contributed by atoms with E-state index in [2.05, 4.69) is 97.9 Å². The van der Waals surface area contributed by atoms with Gasteiger partial charge in [-0.25, -0.2) is 0 Å². The van der Waals surface area contributed by atoms with E-state index < -0.39 is 0 Å². The van der Waals surface area contributed by atoms with Crippen LogP contribution in [-0.2, 0) is 11.8 Å². The fourth-order valence-electron chi connectivity index (χ4n) is 5.51. The zero-order valence-electron chi connectivity index (χ0n) is 15.4. The van der Waals surface area contributed by atoms with E-state index in [-0.39, 0.29) is 5.41 Å². The van der Waals surface area contributed by atoms with E-state index in [1.54, 1.807) is 0 Å². The Hall–Kier alpha value is -3.12. The van der Waals surface area contributed by atoms with E-state index >= 15 is 0 Å². The van der Waals surface area contributed by atoms with Crippen LogP contribution in [0.3, 0.4) is 0 Å². The van der Waals surface area contributed by atoms with Gasteiger partial charge in [0.15, 0.2) is 0 Å². The first-order valence-corrected chi connectivity index (χ1v) is 9.79. The van der Waals surface area contributed by atoms with Gasteiger partial charge in [-0.2, -0.15) is 0 Å². The summed E-state index contributed by atoms with van der Waals surface area (Å²) >= 11 is 0. The van der Waals surface area contributed by atoms with Crippen molar-refractivity contribution in [3.63, 3.8) is 0 Å². The van der Waals surface area contributed by atoms with Crippen LogP contribution in [0.1, 0.15) is 34.7 Å². The lowest BCUT2D eigenvalue weighted by Gasteiger charge is -2.30. The molecule has 0 unspecified atom stereocenters. The Morgan fingerprint density at radius 2 is 1.00 bits per heavy atom. The molecule has 0 heteroatoms. The average Bonchev–Trinajstić information content (AvgIpc) is 3.21. The topological polar surface area (TPSA) is 0 Å². The van der Waals surface area contributed by atoms with Crippen LogP contribution in [-0.4, -0.2) is 0 Å². The fourth-order valence-corrected chi connectivity index (χ4v) is 5.51. The summed E-state index contributed by atoms with van der Waals surface area (Å²) in [6.07, 6.45) is 1.05. The lowest BCUT2D eigenvalue weighted by Crippen LogP contribution is -2.25. The molecule has 0 aliphatic heterocycles. The van der Waals surface area contributed by atoms with Crippen LogP contribution in [0.4, 0.5) is 0 Å². The molecule has 0 amide bonds. The maximum atomic E-state index is 2.35. The van der Waals surface area contributed by atoms with Crippen LogP contribution in [0.5, 0.6) is 0 Å². The lowest BCUT2D eigenvalue weighted by atomic mass is 9.70. The summed E-state index contributed by atoms with van der Waals surface area (Å²) in [6.45, 7) is 2.26. The van der Waals surface area contributed by atoms with Gasteiger partial charge in [0, 0.05) is 0 Å². The molecule has 128 valence electrons. The quantitative estimate of drug-likeness (QED) is 0.315. The molecule has 0 bridgehead atoms. The van der Waals surface area contributed by atoms with Gasteiger partial charge in [0.1, 0.15) is 0 Å². The van der Waals surface area contributed by atoms with Crippen LogP contribution >= 0.6 is 0 Å². The Morgan fingerprint density at radius 1 is 0.519 bits per heavy atom. The van der Waals surface area contributed by atoms with E-state index in [0.29, 0.717) is 0 Å². The smallest absolute Gasteiger partial charge is 0.0619 e. The first-order valence-electron chi connectivity index (χ1n) is 9.79. The van der Waals surface area contributed by atoms with E-state index in [4.69, 9.17) is 0 Å². The third-order valence-corrected chi connectivity index (χ3v) is 6.49. The molecule has 4 aromatic carbocycles. The molecule has 1 spiro atoms. The Labute approximate surface area is 160 Å². The highest BCUT2D eigenvalue weighted by Crippen LogP contribution is 2.63. The molecule has 6 rings (SSSR count). The minimum absolute atomic E-state index is 0.190. The second-order valence-corrected chi connectivity index (χ2v) is 7.58. The molecular weight excluding hydrogens is 324 g/mol. The van der Waals surface area contributed by atoms with Crippen LogP contribution in [0, 0.1) is 0 Å². The normalized spacial score (nSPS) is 14.6. The van der Waals surface area contributed by atoms with E-state index in [1.807, 2.05) is 0 Å². The van der Waals surface area contributed by atoms with Gasteiger partial charge in [-0.3, -0.25) is 0 Å². The summed E-state index contributed by atoms with van der Waals surface area (Å²) in [6, 6.07) is 33.9. The fraction of sp³-hybridized carbons (Fsp3) is 0.111. The summed E-state index contributed by atoms with van der Waals surface area (Å²) < 4.78 is 0. The van der Waals surface area contributed by atoms with Gasteiger partial charge in [-0.05, 0) is 56.5 Å².